The van der Waals surface area contributed by atoms with Crippen LogP contribution in [-0.4, -0.2) is 23.9 Å². The minimum absolute atomic E-state index is 0.329. The molecule has 0 aliphatic carbocycles. The fourth-order valence-electron chi connectivity index (χ4n) is 3.33. The molecule has 2 aromatic carbocycles. The summed E-state index contributed by atoms with van der Waals surface area (Å²) in [7, 11) is 0. The van der Waals surface area contributed by atoms with Crippen LogP contribution >= 0.6 is 11.6 Å². The Balaban J connectivity index is 1.73. The van der Waals surface area contributed by atoms with E-state index in [0.29, 0.717) is 16.4 Å². The molecule has 4 rings (SSSR count). The third kappa shape index (κ3) is 2.49. The van der Waals surface area contributed by atoms with Crippen molar-refractivity contribution in [2.24, 2.45) is 10.3 Å². The molecule has 25 heavy (non-hydrogen) atoms. The zero-order chi connectivity index (χ0) is 17.7. The Morgan fingerprint density at radius 1 is 0.960 bits per heavy atom. The Bertz CT molecular complexity index is 907. The predicted molar refractivity (Wildman–Crippen MR) is 94.8 cm³/mol. The molecule has 0 unspecified atom stereocenters. The Hall–Kier alpha value is -2.73. The van der Waals surface area contributed by atoms with Gasteiger partial charge in [-0.25, -0.2) is 9.91 Å². The molecule has 0 spiro atoms. The van der Waals surface area contributed by atoms with Crippen LogP contribution in [0.3, 0.4) is 0 Å². The van der Waals surface area contributed by atoms with E-state index in [-0.39, 0.29) is 11.8 Å². The topological polar surface area (TPSA) is 65.3 Å². The van der Waals surface area contributed by atoms with Crippen LogP contribution in [0.25, 0.3) is 0 Å². The second-order valence-corrected chi connectivity index (χ2v) is 6.71. The highest BCUT2D eigenvalue weighted by Crippen LogP contribution is 2.35. The number of aryl methyl sites for hydroxylation is 2. The lowest BCUT2D eigenvalue weighted by Gasteiger charge is -2.21. The minimum Gasteiger partial charge on any atom is -0.271 e. The highest BCUT2D eigenvalue weighted by atomic mass is 35.5. The van der Waals surface area contributed by atoms with Crippen LogP contribution in [0.15, 0.2) is 52.8 Å². The van der Waals surface area contributed by atoms with E-state index >= 15 is 0 Å². The van der Waals surface area contributed by atoms with E-state index in [1.165, 1.54) is 9.91 Å². The van der Waals surface area contributed by atoms with E-state index in [0.717, 1.165) is 11.1 Å². The summed E-state index contributed by atoms with van der Waals surface area (Å²) in [6.45, 7) is 3.86. The van der Waals surface area contributed by atoms with E-state index in [4.69, 9.17) is 11.6 Å². The van der Waals surface area contributed by atoms with Crippen molar-refractivity contribution in [1.82, 2.24) is 0 Å². The fourth-order valence-corrected chi connectivity index (χ4v) is 3.51. The number of halogens is 1. The van der Waals surface area contributed by atoms with Gasteiger partial charge >= 0.3 is 0 Å². The molecule has 7 heteroatoms. The Morgan fingerprint density at radius 3 is 2.36 bits per heavy atom. The number of imide groups is 1. The van der Waals surface area contributed by atoms with Gasteiger partial charge in [-0.3, -0.25) is 9.59 Å². The largest absolute Gasteiger partial charge is 0.271 e. The first kappa shape index (κ1) is 15.8. The molecule has 126 valence electrons. The van der Waals surface area contributed by atoms with Crippen LogP contribution in [-0.2, 0) is 9.59 Å². The average molecular weight is 355 g/mol. The van der Waals surface area contributed by atoms with E-state index in [1.807, 2.05) is 32.0 Å². The number of rotatable bonds is 2. The number of nitrogens with zero attached hydrogens (tertiary/aromatic N) is 4. The fraction of sp³-hybridized carbons (Fsp3) is 0.222. The number of benzene rings is 2. The van der Waals surface area contributed by atoms with Gasteiger partial charge in [-0.05, 0) is 55.3 Å². The van der Waals surface area contributed by atoms with Gasteiger partial charge in [0.1, 0.15) is 0 Å². The molecule has 0 N–H and O–H groups in total. The number of hydrogen-bond acceptors (Lipinski definition) is 5. The smallest absolute Gasteiger partial charge is 0.263 e. The highest BCUT2D eigenvalue weighted by Gasteiger charge is 2.55. The monoisotopic (exact) mass is 354 g/mol. The summed E-state index contributed by atoms with van der Waals surface area (Å²) >= 11 is 6.03. The van der Waals surface area contributed by atoms with Crippen LogP contribution in [0.2, 0.25) is 5.02 Å². The van der Waals surface area contributed by atoms with Crippen LogP contribution < -0.4 is 9.91 Å². The first-order valence-electron chi connectivity index (χ1n) is 7.87. The normalized spacial score (nSPS) is 22.0. The number of hydrogen-bond donors (Lipinski definition) is 0. The summed E-state index contributed by atoms with van der Waals surface area (Å²) in [5, 5.41) is 10.1. The van der Waals surface area contributed by atoms with Crippen molar-refractivity contribution in [2.75, 3.05) is 9.91 Å². The van der Waals surface area contributed by atoms with Crippen molar-refractivity contribution in [3.05, 3.63) is 58.6 Å². The van der Waals surface area contributed by atoms with Gasteiger partial charge in [0.25, 0.3) is 11.8 Å². The summed E-state index contributed by atoms with van der Waals surface area (Å²) in [5.74, 6) is -0.682. The van der Waals surface area contributed by atoms with E-state index in [1.54, 1.807) is 24.3 Å². The molecule has 6 nitrogen and oxygen atoms in total. The second kappa shape index (κ2) is 5.67. The summed E-state index contributed by atoms with van der Waals surface area (Å²) in [6.07, 6.45) is 0. The standard InChI is InChI=1S/C18H15ClN4O2/c1-10-6-11(2)8-14(7-10)22-17(24)15-16(18(22)25)23(21-20-15)13-5-3-4-12(19)9-13/h3-9,15-16H,1-2H3/t15-,16+/m0/s1. The molecule has 2 atom stereocenters. The molecule has 2 amide bonds. The van der Waals surface area contributed by atoms with Gasteiger partial charge < -0.3 is 0 Å². The lowest BCUT2D eigenvalue weighted by Crippen LogP contribution is -2.39. The number of carbonyl (C=O) groups is 2. The molecular weight excluding hydrogens is 340 g/mol. The maximum Gasteiger partial charge on any atom is 0.263 e. The Morgan fingerprint density at radius 2 is 1.68 bits per heavy atom. The van der Waals surface area contributed by atoms with E-state index in [9.17, 15) is 9.59 Å². The number of amides is 2. The van der Waals surface area contributed by atoms with Crippen LogP contribution in [0.5, 0.6) is 0 Å². The second-order valence-electron chi connectivity index (χ2n) is 6.28. The van der Waals surface area contributed by atoms with Crippen molar-refractivity contribution in [3.8, 4) is 0 Å². The van der Waals surface area contributed by atoms with Crippen molar-refractivity contribution >= 4 is 34.8 Å². The maximum absolute atomic E-state index is 13.0. The molecule has 2 heterocycles. The lowest BCUT2D eigenvalue weighted by molar-refractivity contribution is -0.121. The van der Waals surface area contributed by atoms with Crippen molar-refractivity contribution < 1.29 is 9.59 Å². The van der Waals surface area contributed by atoms with Crippen molar-refractivity contribution in [3.63, 3.8) is 0 Å². The molecule has 2 aliphatic rings. The summed E-state index contributed by atoms with van der Waals surface area (Å²) in [6, 6.07) is 11.0. The molecule has 0 radical (unpaired) electrons. The van der Waals surface area contributed by atoms with E-state index in [2.05, 4.69) is 10.3 Å². The van der Waals surface area contributed by atoms with Crippen LogP contribution in [0.4, 0.5) is 11.4 Å². The molecule has 1 saturated heterocycles. The van der Waals surface area contributed by atoms with Crippen molar-refractivity contribution in [1.29, 1.82) is 0 Å². The van der Waals surface area contributed by atoms with E-state index < -0.39 is 12.1 Å². The molecule has 0 bridgehead atoms. The molecular formula is C18H15ClN4O2. The Labute approximate surface area is 149 Å². The van der Waals surface area contributed by atoms with Gasteiger partial charge in [0.2, 0.25) is 0 Å². The van der Waals surface area contributed by atoms with Gasteiger partial charge in [-0.1, -0.05) is 29.0 Å². The SMILES string of the molecule is Cc1cc(C)cc(N2C(=O)[C@H]3N=NN(c4cccc(Cl)c4)[C@H]3C2=O)c1. The first-order chi connectivity index (χ1) is 12.0. The predicted octanol–water partition coefficient (Wildman–Crippen LogP) is 3.45. The first-order valence-corrected chi connectivity index (χ1v) is 8.25. The summed E-state index contributed by atoms with van der Waals surface area (Å²) in [4.78, 5) is 27.0. The van der Waals surface area contributed by atoms with Crippen molar-refractivity contribution in [2.45, 2.75) is 25.9 Å². The van der Waals surface area contributed by atoms with Gasteiger partial charge in [-0.2, -0.15) is 5.11 Å². The average Bonchev–Trinajstić information content (AvgIpc) is 3.07. The van der Waals surface area contributed by atoms with Gasteiger partial charge in [0, 0.05) is 5.02 Å². The molecule has 1 fully saturated rings. The molecule has 0 saturated carbocycles. The number of anilines is 2. The number of carbonyl (C=O) groups excluding carboxylic acids is 2. The van der Waals surface area contributed by atoms with Gasteiger partial charge in [0.05, 0.1) is 11.4 Å². The quantitative estimate of drug-likeness (QED) is 0.776. The molecule has 0 aromatic heterocycles. The Kier molecular flexibility index (Phi) is 3.58. The highest BCUT2D eigenvalue weighted by molar-refractivity contribution is 6.31. The van der Waals surface area contributed by atoms with Gasteiger partial charge in [-0.15, -0.1) is 0 Å². The van der Waals surface area contributed by atoms with Gasteiger partial charge in [0.15, 0.2) is 12.1 Å². The minimum atomic E-state index is -0.827. The summed E-state index contributed by atoms with van der Waals surface area (Å²) < 4.78 is 0. The van der Waals surface area contributed by atoms with Crippen LogP contribution in [0.1, 0.15) is 11.1 Å². The zero-order valence-electron chi connectivity index (χ0n) is 13.7. The van der Waals surface area contributed by atoms with Crippen LogP contribution in [0, 0.1) is 13.8 Å². The molecule has 2 aromatic rings. The summed E-state index contributed by atoms with van der Waals surface area (Å²) in [5.41, 5.74) is 3.18. The number of fused-ring (bicyclic) bond motifs is 1. The third-order valence-electron chi connectivity index (χ3n) is 4.32. The lowest BCUT2D eigenvalue weighted by atomic mass is 10.1. The third-order valence-corrected chi connectivity index (χ3v) is 4.55. The zero-order valence-corrected chi connectivity index (χ0v) is 14.4. The molecule has 2 aliphatic heterocycles. The maximum atomic E-state index is 13.0.